The van der Waals surface area contributed by atoms with E-state index in [4.69, 9.17) is 16.3 Å². The number of hydrogen-bond acceptors (Lipinski definition) is 5. The lowest BCUT2D eigenvalue weighted by Gasteiger charge is -2.34. The Kier molecular flexibility index (Phi) is 6.08. The summed E-state index contributed by atoms with van der Waals surface area (Å²) in [5.41, 5.74) is 0.0559. The largest absolute Gasteiger partial charge is 0.467 e. The molecule has 0 aromatic heterocycles. The maximum absolute atomic E-state index is 12.9. The number of carbonyl (C=O) groups excluding carboxylic acids is 2. The predicted molar refractivity (Wildman–Crippen MR) is 93.0 cm³/mol. The van der Waals surface area contributed by atoms with E-state index in [2.05, 4.69) is 0 Å². The number of esters is 1. The molecule has 138 valence electrons. The average Bonchev–Trinajstić information content (AvgIpc) is 2.60. The quantitative estimate of drug-likeness (QED) is 0.734. The minimum absolute atomic E-state index is 0.0307. The zero-order valence-corrected chi connectivity index (χ0v) is 15.9. The summed E-state index contributed by atoms with van der Waals surface area (Å²) in [6.07, 6.45) is 2.07. The molecule has 0 bridgehead atoms. The highest BCUT2D eigenvalue weighted by molar-refractivity contribution is 7.89. The van der Waals surface area contributed by atoms with Crippen LogP contribution in [-0.2, 0) is 19.6 Å². The van der Waals surface area contributed by atoms with Crippen LogP contribution in [0.15, 0.2) is 23.1 Å². The second-order valence-corrected chi connectivity index (χ2v) is 8.52. The van der Waals surface area contributed by atoms with Crippen LogP contribution in [0.4, 0.5) is 0 Å². The van der Waals surface area contributed by atoms with Gasteiger partial charge in [0, 0.05) is 20.6 Å². The van der Waals surface area contributed by atoms with Gasteiger partial charge in [-0.15, -0.1) is 0 Å². The Morgan fingerprint density at radius 3 is 2.56 bits per heavy atom. The Balaban J connectivity index is 2.43. The Hall–Kier alpha value is -1.64. The van der Waals surface area contributed by atoms with Gasteiger partial charge in [-0.2, -0.15) is 0 Å². The summed E-state index contributed by atoms with van der Waals surface area (Å²) in [6, 6.07) is 3.30. The van der Waals surface area contributed by atoms with E-state index in [0.29, 0.717) is 13.0 Å². The number of benzene rings is 1. The van der Waals surface area contributed by atoms with Crippen molar-refractivity contribution < 1.29 is 22.7 Å². The van der Waals surface area contributed by atoms with Gasteiger partial charge < -0.3 is 9.64 Å². The number of ether oxygens (including phenoxy) is 1. The Bertz CT molecular complexity index is 779. The number of halogens is 1. The molecule has 9 heteroatoms. The molecule has 1 aliphatic rings. The van der Waals surface area contributed by atoms with Crippen molar-refractivity contribution >= 4 is 33.5 Å². The lowest BCUT2D eigenvalue weighted by atomic mass is 10.0. The highest BCUT2D eigenvalue weighted by Crippen LogP contribution is 2.27. The molecule has 0 radical (unpaired) electrons. The van der Waals surface area contributed by atoms with Gasteiger partial charge in [0.1, 0.15) is 6.04 Å². The van der Waals surface area contributed by atoms with Crippen LogP contribution in [0, 0.1) is 0 Å². The minimum atomic E-state index is -3.70. The molecule has 0 aliphatic carbocycles. The zero-order valence-electron chi connectivity index (χ0n) is 14.4. The molecule has 25 heavy (non-hydrogen) atoms. The van der Waals surface area contributed by atoms with Crippen molar-refractivity contribution in [2.24, 2.45) is 0 Å². The predicted octanol–water partition coefficient (Wildman–Crippen LogP) is 1.76. The summed E-state index contributed by atoms with van der Waals surface area (Å²) in [7, 11) is 0.384. The number of piperidine rings is 1. The molecule has 1 heterocycles. The third-order valence-electron chi connectivity index (χ3n) is 4.18. The number of likely N-dealkylation sites (tertiary alicyclic amines) is 1. The second-order valence-electron chi connectivity index (χ2n) is 5.96. The summed E-state index contributed by atoms with van der Waals surface area (Å²) in [5.74, 6) is -0.961. The molecule has 1 aromatic rings. The van der Waals surface area contributed by atoms with E-state index in [1.165, 1.54) is 44.3 Å². The molecule has 1 atom stereocenters. The molecular weight excluding hydrogens is 368 g/mol. The maximum Gasteiger partial charge on any atom is 0.328 e. The number of carbonyl (C=O) groups is 2. The van der Waals surface area contributed by atoms with Crippen LogP contribution in [0.25, 0.3) is 0 Å². The fourth-order valence-electron chi connectivity index (χ4n) is 2.75. The number of rotatable bonds is 4. The van der Waals surface area contributed by atoms with Crippen LogP contribution in [0.5, 0.6) is 0 Å². The molecule has 1 amide bonds. The van der Waals surface area contributed by atoms with Crippen LogP contribution >= 0.6 is 11.6 Å². The van der Waals surface area contributed by atoms with E-state index < -0.39 is 27.9 Å². The lowest BCUT2D eigenvalue weighted by molar-refractivity contribution is -0.147. The van der Waals surface area contributed by atoms with E-state index in [-0.39, 0.29) is 15.5 Å². The monoisotopic (exact) mass is 388 g/mol. The van der Waals surface area contributed by atoms with Gasteiger partial charge in [-0.1, -0.05) is 11.6 Å². The van der Waals surface area contributed by atoms with Gasteiger partial charge in [0.2, 0.25) is 10.0 Å². The molecule has 1 aliphatic heterocycles. The van der Waals surface area contributed by atoms with Crippen LogP contribution in [0.3, 0.4) is 0 Å². The molecule has 1 aromatic carbocycles. The summed E-state index contributed by atoms with van der Waals surface area (Å²) < 4.78 is 30.4. The number of methoxy groups -OCH3 is 1. The van der Waals surface area contributed by atoms with Crippen molar-refractivity contribution in [1.29, 1.82) is 0 Å². The Morgan fingerprint density at radius 1 is 1.28 bits per heavy atom. The number of amides is 1. The molecular formula is C16H21ClN2O5S. The van der Waals surface area contributed by atoms with E-state index in [1.54, 1.807) is 0 Å². The Labute approximate surface area is 152 Å². The van der Waals surface area contributed by atoms with Crippen LogP contribution < -0.4 is 0 Å². The highest BCUT2D eigenvalue weighted by atomic mass is 35.5. The molecule has 1 saturated heterocycles. The summed E-state index contributed by atoms with van der Waals surface area (Å²) in [5, 5.41) is 0.136. The Morgan fingerprint density at radius 2 is 1.96 bits per heavy atom. The van der Waals surface area contributed by atoms with E-state index >= 15 is 0 Å². The number of sulfonamides is 1. The van der Waals surface area contributed by atoms with Crippen LogP contribution in [0.2, 0.25) is 5.02 Å². The maximum atomic E-state index is 12.9. The summed E-state index contributed by atoms with van der Waals surface area (Å²) in [4.78, 5) is 26.3. The molecule has 1 fully saturated rings. The van der Waals surface area contributed by atoms with Gasteiger partial charge in [0.15, 0.2) is 0 Å². The first-order valence-electron chi connectivity index (χ1n) is 7.81. The third-order valence-corrected chi connectivity index (χ3v) is 6.32. The lowest BCUT2D eigenvalue weighted by Crippen LogP contribution is -2.48. The normalized spacial score (nSPS) is 18.3. The van der Waals surface area contributed by atoms with Gasteiger partial charge in [0.05, 0.1) is 22.6 Å². The average molecular weight is 389 g/mol. The number of nitrogens with zero attached hydrogens (tertiary/aromatic N) is 2. The first kappa shape index (κ1) is 19.7. The fraction of sp³-hybridized carbons (Fsp3) is 0.500. The smallest absolute Gasteiger partial charge is 0.328 e. The van der Waals surface area contributed by atoms with E-state index in [9.17, 15) is 18.0 Å². The third kappa shape index (κ3) is 3.96. The van der Waals surface area contributed by atoms with Crippen molar-refractivity contribution in [3.63, 3.8) is 0 Å². The van der Waals surface area contributed by atoms with Gasteiger partial charge in [0.25, 0.3) is 5.91 Å². The van der Waals surface area contributed by atoms with Crippen molar-refractivity contribution in [3.8, 4) is 0 Å². The second kappa shape index (κ2) is 7.72. The standard InChI is InChI=1S/C16H21ClN2O5S/c1-18(2)25(22,23)11-7-8-13(17)12(10-11)15(20)19-9-5-4-6-14(19)16(21)24-3/h7-8,10,14H,4-6,9H2,1-3H3/t14-/m0/s1. The number of hydrogen-bond donors (Lipinski definition) is 0. The SMILES string of the molecule is COC(=O)[C@@H]1CCCCN1C(=O)c1cc(S(=O)(=O)N(C)C)ccc1Cl. The molecule has 0 spiro atoms. The molecule has 2 rings (SSSR count). The van der Waals surface area contributed by atoms with Crippen molar-refractivity contribution in [2.45, 2.75) is 30.2 Å². The zero-order chi connectivity index (χ0) is 18.8. The van der Waals surface area contributed by atoms with Crippen molar-refractivity contribution in [1.82, 2.24) is 9.21 Å². The van der Waals surface area contributed by atoms with Gasteiger partial charge >= 0.3 is 5.97 Å². The van der Waals surface area contributed by atoms with E-state index in [1.807, 2.05) is 0 Å². The van der Waals surface area contributed by atoms with Crippen LogP contribution in [0.1, 0.15) is 29.6 Å². The first-order chi connectivity index (χ1) is 11.7. The van der Waals surface area contributed by atoms with Gasteiger partial charge in [-0.05, 0) is 37.5 Å². The highest BCUT2D eigenvalue weighted by Gasteiger charge is 2.34. The molecule has 7 nitrogen and oxygen atoms in total. The molecule has 0 N–H and O–H groups in total. The van der Waals surface area contributed by atoms with E-state index in [0.717, 1.165) is 17.1 Å². The summed E-state index contributed by atoms with van der Waals surface area (Å²) >= 11 is 6.13. The van der Waals surface area contributed by atoms with Gasteiger partial charge in [-0.25, -0.2) is 17.5 Å². The van der Waals surface area contributed by atoms with Gasteiger partial charge in [-0.3, -0.25) is 4.79 Å². The molecule has 0 unspecified atom stereocenters. The minimum Gasteiger partial charge on any atom is -0.467 e. The van der Waals surface area contributed by atoms with Crippen LogP contribution in [-0.4, -0.2) is 63.3 Å². The van der Waals surface area contributed by atoms with Crippen molar-refractivity contribution in [3.05, 3.63) is 28.8 Å². The topological polar surface area (TPSA) is 84.0 Å². The summed E-state index contributed by atoms with van der Waals surface area (Å²) in [6.45, 7) is 0.388. The molecule has 0 saturated carbocycles. The first-order valence-corrected chi connectivity index (χ1v) is 9.63. The van der Waals surface area contributed by atoms with Crippen molar-refractivity contribution in [2.75, 3.05) is 27.7 Å². The fourth-order valence-corrected chi connectivity index (χ4v) is 3.88.